The molecule has 1 aliphatic rings. The van der Waals surface area contributed by atoms with Crippen molar-refractivity contribution in [2.24, 2.45) is 0 Å². The third-order valence-electron chi connectivity index (χ3n) is 8.01. The number of hydrogen-bond donors (Lipinski definition) is 1. The fourth-order valence-electron chi connectivity index (χ4n) is 6.04. The lowest BCUT2D eigenvalue weighted by Gasteiger charge is -2.29. The van der Waals surface area contributed by atoms with E-state index in [1.54, 1.807) is 19.5 Å². The highest BCUT2D eigenvalue weighted by atomic mass is 32.1. The highest BCUT2D eigenvalue weighted by molar-refractivity contribution is 7.22. The zero-order chi connectivity index (χ0) is 32.0. The quantitative estimate of drug-likeness (QED) is 0.193. The van der Waals surface area contributed by atoms with Gasteiger partial charge in [0.1, 0.15) is 10.8 Å². The standard InChI is InChI=1S/C36H35FN2O5S/c1-19-15-27-33(45-34(39-27)22-10-7-9-21(16-22)25-18-38-13-12-28(25)42-6)30(29(19)32(35(40)41)44-36(3,4)5)24-17-26(37)31-23(20(24)2)11-8-14-43-31/h7,9-10,12-13,15-18,32H,8,11,14H2,1-6H3,(H,40,41). The van der Waals surface area contributed by atoms with Crippen LogP contribution in [0.5, 0.6) is 11.5 Å². The zero-order valence-corrected chi connectivity index (χ0v) is 27.0. The van der Waals surface area contributed by atoms with Gasteiger partial charge in [-0.05, 0) is 94.0 Å². The molecule has 0 radical (unpaired) electrons. The number of ether oxygens (including phenoxy) is 3. The summed E-state index contributed by atoms with van der Waals surface area (Å²) < 4.78 is 33.9. The number of carbonyl (C=O) groups is 1. The number of carboxylic acids is 1. The lowest BCUT2D eigenvalue weighted by atomic mass is 9.86. The number of methoxy groups -OCH3 is 1. The number of halogens is 1. The van der Waals surface area contributed by atoms with E-state index in [0.717, 1.165) is 43.9 Å². The number of nitrogens with zero attached hydrogens (tertiary/aromatic N) is 2. The van der Waals surface area contributed by atoms with Gasteiger partial charge in [0.15, 0.2) is 17.7 Å². The number of rotatable bonds is 7. The molecular formula is C36H35FN2O5S. The summed E-state index contributed by atoms with van der Waals surface area (Å²) in [5.74, 6) is -0.587. The third-order valence-corrected chi connectivity index (χ3v) is 9.15. The van der Waals surface area contributed by atoms with E-state index in [9.17, 15) is 9.90 Å². The van der Waals surface area contributed by atoms with Gasteiger partial charge < -0.3 is 19.3 Å². The molecule has 6 rings (SSSR count). The van der Waals surface area contributed by atoms with E-state index < -0.39 is 23.5 Å². The predicted molar refractivity (Wildman–Crippen MR) is 175 cm³/mol. The smallest absolute Gasteiger partial charge is 0.337 e. The van der Waals surface area contributed by atoms with Gasteiger partial charge in [0, 0.05) is 40.2 Å². The van der Waals surface area contributed by atoms with Gasteiger partial charge >= 0.3 is 5.97 Å². The number of aromatic nitrogens is 2. The Morgan fingerprint density at radius 2 is 1.89 bits per heavy atom. The van der Waals surface area contributed by atoms with Crippen LogP contribution >= 0.6 is 11.3 Å². The largest absolute Gasteiger partial charge is 0.496 e. The summed E-state index contributed by atoms with van der Waals surface area (Å²) in [6, 6.07) is 13.2. The topological polar surface area (TPSA) is 90.8 Å². The average molecular weight is 627 g/mol. The Bertz CT molecular complexity index is 1940. The summed E-state index contributed by atoms with van der Waals surface area (Å²) in [7, 11) is 1.63. The Morgan fingerprint density at radius 3 is 2.62 bits per heavy atom. The van der Waals surface area contributed by atoms with Crippen molar-refractivity contribution in [3.63, 3.8) is 0 Å². The third kappa shape index (κ3) is 5.78. The minimum Gasteiger partial charge on any atom is -0.496 e. The first-order valence-corrected chi connectivity index (χ1v) is 15.7. The molecule has 2 aromatic heterocycles. The Labute approximate surface area is 265 Å². The molecule has 232 valence electrons. The molecule has 0 fully saturated rings. The van der Waals surface area contributed by atoms with Crippen LogP contribution < -0.4 is 9.47 Å². The zero-order valence-electron chi connectivity index (χ0n) is 26.2. The molecule has 0 saturated heterocycles. The second kappa shape index (κ2) is 11.9. The van der Waals surface area contributed by atoms with E-state index in [0.29, 0.717) is 46.5 Å². The maximum absolute atomic E-state index is 15.7. The summed E-state index contributed by atoms with van der Waals surface area (Å²) in [4.78, 5) is 22.2. The normalized spacial score (nSPS) is 13.8. The maximum atomic E-state index is 15.7. The Kier molecular flexibility index (Phi) is 8.09. The number of thiazole rings is 1. The van der Waals surface area contributed by atoms with Crippen molar-refractivity contribution in [1.29, 1.82) is 0 Å². The maximum Gasteiger partial charge on any atom is 0.337 e. The van der Waals surface area contributed by atoms with Crippen molar-refractivity contribution in [3.05, 3.63) is 82.9 Å². The number of carboxylic acid groups (broad SMARTS) is 1. The highest BCUT2D eigenvalue weighted by Crippen LogP contribution is 2.47. The molecule has 0 spiro atoms. The molecule has 3 heterocycles. The molecule has 1 unspecified atom stereocenters. The number of aliphatic carboxylic acids is 1. The molecule has 45 heavy (non-hydrogen) atoms. The molecule has 1 atom stereocenters. The molecule has 3 aromatic carbocycles. The van der Waals surface area contributed by atoms with Gasteiger partial charge in [-0.2, -0.15) is 0 Å². The van der Waals surface area contributed by atoms with E-state index in [1.165, 1.54) is 17.4 Å². The fourth-order valence-corrected chi connectivity index (χ4v) is 7.15. The number of fused-ring (bicyclic) bond motifs is 2. The van der Waals surface area contributed by atoms with Gasteiger partial charge in [-0.1, -0.05) is 18.2 Å². The summed E-state index contributed by atoms with van der Waals surface area (Å²) in [5.41, 5.74) is 6.71. The summed E-state index contributed by atoms with van der Waals surface area (Å²) in [5, 5.41) is 11.2. The summed E-state index contributed by atoms with van der Waals surface area (Å²) in [6.07, 6.45) is 3.62. The van der Waals surface area contributed by atoms with E-state index in [-0.39, 0.29) is 5.75 Å². The molecular weight excluding hydrogens is 591 g/mol. The van der Waals surface area contributed by atoms with Crippen LogP contribution in [-0.4, -0.2) is 40.4 Å². The molecule has 5 aromatic rings. The van der Waals surface area contributed by atoms with Crippen LogP contribution in [0.1, 0.15) is 55.5 Å². The average Bonchev–Trinajstić information content (AvgIpc) is 3.44. The monoisotopic (exact) mass is 626 g/mol. The number of aryl methyl sites for hydroxylation is 1. The minimum atomic E-state index is -1.29. The molecule has 7 nitrogen and oxygen atoms in total. The molecule has 0 saturated carbocycles. The van der Waals surface area contributed by atoms with E-state index in [4.69, 9.17) is 19.2 Å². The van der Waals surface area contributed by atoms with Crippen LogP contribution in [0.15, 0.2) is 54.9 Å². The lowest BCUT2D eigenvalue weighted by Crippen LogP contribution is -2.28. The van der Waals surface area contributed by atoms with Crippen LogP contribution in [0, 0.1) is 19.7 Å². The van der Waals surface area contributed by atoms with E-state index >= 15 is 4.39 Å². The molecule has 0 aliphatic carbocycles. The van der Waals surface area contributed by atoms with Crippen molar-refractivity contribution in [3.8, 4) is 44.3 Å². The van der Waals surface area contributed by atoms with Gasteiger partial charge in [-0.15, -0.1) is 11.3 Å². The molecule has 1 aliphatic heterocycles. The SMILES string of the molecule is COc1ccncc1-c1cccc(-c2nc3cc(C)c(C(OC(C)(C)C)C(=O)O)c(-c4cc(F)c5c(c4C)CCCO5)c3s2)c1. The van der Waals surface area contributed by atoms with Gasteiger partial charge in [-0.25, -0.2) is 14.2 Å². The second-order valence-corrected chi connectivity index (χ2v) is 13.2. The summed E-state index contributed by atoms with van der Waals surface area (Å²) >= 11 is 1.45. The molecule has 1 N–H and O–H groups in total. The first-order chi connectivity index (χ1) is 21.5. The first kappa shape index (κ1) is 30.7. The van der Waals surface area contributed by atoms with Gasteiger partial charge in [-0.3, -0.25) is 4.98 Å². The van der Waals surface area contributed by atoms with Crippen molar-refractivity contribution in [2.75, 3.05) is 13.7 Å². The predicted octanol–water partition coefficient (Wildman–Crippen LogP) is 8.72. The Hall–Kier alpha value is -4.34. The molecule has 9 heteroatoms. The number of benzene rings is 3. The van der Waals surface area contributed by atoms with Crippen molar-refractivity contribution < 1.29 is 28.5 Å². The number of pyridine rings is 1. The van der Waals surface area contributed by atoms with Crippen LogP contribution in [0.4, 0.5) is 4.39 Å². The summed E-state index contributed by atoms with van der Waals surface area (Å²) in [6.45, 7) is 9.76. The van der Waals surface area contributed by atoms with Gasteiger partial charge in [0.2, 0.25) is 0 Å². The second-order valence-electron chi connectivity index (χ2n) is 12.2. The first-order valence-electron chi connectivity index (χ1n) is 14.9. The van der Waals surface area contributed by atoms with Crippen LogP contribution in [-0.2, 0) is 16.0 Å². The van der Waals surface area contributed by atoms with Crippen molar-refractivity contribution in [1.82, 2.24) is 9.97 Å². The van der Waals surface area contributed by atoms with Gasteiger partial charge in [0.25, 0.3) is 0 Å². The fraction of sp³-hybridized carbons (Fsp3) is 0.306. The van der Waals surface area contributed by atoms with E-state index in [1.807, 2.05) is 71.0 Å². The van der Waals surface area contributed by atoms with Crippen LogP contribution in [0.3, 0.4) is 0 Å². The van der Waals surface area contributed by atoms with Gasteiger partial charge in [0.05, 0.1) is 29.5 Å². The number of hydrogen-bond acceptors (Lipinski definition) is 7. The van der Waals surface area contributed by atoms with Crippen molar-refractivity contribution in [2.45, 2.75) is 59.2 Å². The lowest BCUT2D eigenvalue weighted by molar-refractivity contribution is -0.160. The van der Waals surface area contributed by atoms with Crippen LogP contribution in [0.25, 0.3) is 43.0 Å². The minimum absolute atomic E-state index is 0.279. The Balaban J connectivity index is 1.62. The van der Waals surface area contributed by atoms with Crippen LogP contribution in [0.2, 0.25) is 0 Å². The van der Waals surface area contributed by atoms with Crippen molar-refractivity contribution >= 4 is 27.5 Å². The van der Waals surface area contributed by atoms with E-state index in [2.05, 4.69) is 4.98 Å². The Morgan fingerprint density at radius 1 is 1.11 bits per heavy atom. The molecule has 0 amide bonds. The highest BCUT2D eigenvalue weighted by Gasteiger charge is 2.34. The molecule has 0 bridgehead atoms.